The Balaban J connectivity index is 1.49. The fraction of sp³-hybridized carbons (Fsp3) is 0.444. The Hall–Kier alpha value is -3.35. The fourth-order valence-corrected chi connectivity index (χ4v) is 3.68. The van der Waals surface area contributed by atoms with Crippen molar-refractivity contribution < 1.29 is 9.47 Å². The lowest BCUT2D eigenvalue weighted by atomic mass is 10.1. The summed E-state index contributed by atoms with van der Waals surface area (Å²) in [7, 11) is 0. The van der Waals surface area contributed by atoms with E-state index in [1.807, 2.05) is 50.2 Å². The molecule has 0 heterocycles. The second-order valence-corrected chi connectivity index (χ2v) is 8.71. The summed E-state index contributed by atoms with van der Waals surface area (Å²) in [6.07, 6.45) is 7.75. The summed E-state index contributed by atoms with van der Waals surface area (Å²) in [5.41, 5.74) is 15.3. The first kappa shape index (κ1) is 26.9. The van der Waals surface area contributed by atoms with E-state index in [-0.39, 0.29) is 11.7 Å². The van der Waals surface area contributed by atoms with Gasteiger partial charge in [-0.25, -0.2) is 0 Å². The highest BCUT2D eigenvalue weighted by Gasteiger charge is 2.05. The first-order valence-electron chi connectivity index (χ1n) is 12.0. The number of nitrogen functional groups attached to an aromatic ring is 2. The van der Waals surface area contributed by atoms with Crippen LogP contribution in [-0.2, 0) is 0 Å². The van der Waals surface area contributed by atoms with Gasteiger partial charge in [0, 0.05) is 16.8 Å². The Labute approximate surface area is 203 Å². The van der Waals surface area contributed by atoms with Crippen molar-refractivity contribution in [3.05, 3.63) is 58.7 Å². The van der Waals surface area contributed by atoms with Crippen LogP contribution in [0.2, 0.25) is 0 Å². The molecule has 2 aromatic carbocycles. The first-order chi connectivity index (χ1) is 16.3. The van der Waals surface area contributed by atoms with Gasteiger partial charge in [0.2, 0.25) is 0 Å². The highest BCUT2D eigenvalue weighted by atomic mass is 16.5. The third-order valence-electron chi connectivity index (χ3n) is 5.73. The molecule has 0 unspecified atom stereocenters. The lowest BCUT2D eigenvalue weighted by Crippen LogP contribution is -2.11. The van der Waals surface area contributed by atoms with Crippen molar-refractivity contribution in [2.45, 2.75) is 65.2 Å². The standard InChI is InChI=1S/C27H39N5O2/c1-19-17-21(26(29)30)11-13-24(19)33-15-7-3-5-9-23(28)10-6-4-8-16-34-25-14-12-22(27(31)32)18-20(25)2/h11-14,17-18,28H,3-10,15-16H2,1-2H3,(H3,29,30)(H3,31,32). The van der Waals surface area contributed by atoms with Crippen LogP contribution in [0.15, 0.2) is 36.4 Å². The van der Waals surface area contributed by atoms with E-state index in [4.69, 9.17) is 37.2 Å². The lowest BCUT2D eigenvalue weighted by Gasteiger charge is -2.11. The average Bonchev–Trinajstić information content (AvgIpc) is 2.79. The molecule has 0 spiro atoms. The average molecular weight is 466 g/mol. The normalized spacial score (nSPS) is 10.6. The molecule has 0 radical (unpaired) electrons. The van der Waals surface area contributed by atoms with Gasteiger partial charge >= 0.3 is 0 Å². The minimum atomic E-state index is 0.0674. The number of amidine groups is 2. The van der Waals surface area contributed by atoms with E-state index >= 15 is 0 Å². The van der Waals surface area contributed by atoms with Crippen LogP contribution in [0.25, 0.3) is 0 Å². The topological polar surface area (TPSA) is 142 Å². The number of hydrogen-bond acceptors (Lipinski definition) is 5. The van der Waals surface area contributed by atoms with Crippen molar-refractivity contribution in [2.24, 2.45) is 11.5 Å². The van der Waals surface area contributed by atoms with Gasteiger partial charge in [-0.3, -0.25) is 10.8 Å². The first-order valence-corrected chi connectivity index (χ1v) is 12.0. The highest BCUT2D eigenvalue weighted by molar-refractivity contribution is 5.95. The van der Waals surface area contributed by atoms with E-state index in [2.05, 4.69) is 0 Å². The highest BCUT2D eigenvalue weighted by Crippen LogP contribution is 2.20. The van der Waals surface area contributed by atoms with Crippen molar-refractivity contribution in [3.8, 4) is 11.5 Å². The lowest BCUT2D eigenvalue weighted by molar-refractivity contribution is 0.303. The molecule has 0 saturated carbocycles. The van der Waals surface area contributed by atoms with Crippen molar-refractivity contribution in [1.29, 1.82) is 16.2 Å². The molecule has 7 N–H and O–H groups in total. The summed E-state index contributed by atoms with van der Waals surface area (Å²) < 4.78 is 11.7. The van der Waals surface area contributed by atoms with Crippen LogP contribution >= 0.6 is 0 Å². The molecule has 184 valence electrons. The zero-order valence-corrected chi connectivity index (χ0v) is 20.5. The van der Waals surface area contributed by atoms with Gasteiger partial charge in [-0.15, -0.1) is 0 Å². The smallest absolute Gasteiger partial charge is 0.122 e. The number of rotatable bonds is 16. The van der Waals surface area contributed by atoms with Gasteiger partial charge < -0.3 is 26.4 Å². The molecule has 7 nitrogen and oxygen atoms in total. The predicted octanol–water partition coefficient (Wildman–Crippen LogP) is 5.47. The largest absolute Gasteiger partial charge is 0.493 e. The van der Waals surface area contributed by atoms with Crippen LogP contribution in [0.5, 0.6) is 11.5 Å². The van der Waals surface area contributed by atoms with Gasteiger partial charge in [-0.1, -0.05) is 0 Å². The number of aryl methyl sites for hydroxylation is 2. The number of unbranched alkanes of at least 4 members (excludes halogenated alkanes) is 4. The molecule has 0 aliphatic rings. The van der Waals surface area contributed by atoms with E-state index < -0.39 is 0 Å². The zero-order chi connectivity index (χ0) is 24.9. The van der Waals surface area contributed by atoms with Crippen molar-refractivity contribution >= 4 is 17.4 Å². The number of benzene rings is 2. The number of hydrogen-bond donors (Lipinski definition) is 5. The monoisotopic (exact) mass is 465 g/mol. The minimum absolute atomic E-state index is 0.0674. The fourth-order valence-electron chi connectivity index (χ4n) is 3.68. The molecule has 2 rings (SSSR count). The van der Waals surface area contributed by atoms with Gasteiger partial charge in [0.05, 0.1) is 13.2 Å². The summed E-state index contributed by atoms with van der Waals surface area (Å²) in [4.78, 5) is 0. The van der Waals surface area contributed by atoms with E-state index in [9.17, 15) is 0 Å². The second-order valence-electron chi connectivity index (χ2n) is 8.71. The zero-order valence-electron chi connectivity index (χ0n) is 20.5. The molecule has 2 aromatic rings. The van der Waals surface area contributed by atoms with Crippen LogP contribution in [0.1, 0.15) is 73.6 Å². The summed E-state index contributed by atoms with van der Waals surface area (Å²) in [5, 5.41) is 23.1. The molecular weight excluding hydrogens is 426 g/mol. The van der Waals surface area contributed by atoms with E-state index in [0.29, 0.717) is 24.3 Å². The van der Waals surface area contributed by atoms with Crippen molar-refractivity contribution in [3.63, 3.8) is 0 Å². The molecule has 0 amide bonds. The van der Waals surface area contributed by atoms with Gasteiger partial charge in [-0.05, 0) is 113 Å². The van der Waals surface area contributed by atoms with Crippen LogP contribution in [0.4, 0.5) is 0 Å². The summed E-state index contributed by atoms with van der Waals surface area (Å²) in [6.45, 7) is 5.24. The molecule has 0 aromatic heterocycles. The van der Waals surface area contributed by atoms with E-state index in [1.54, 1.807) is 0 Å². The third-order valence-corrected chi connectivity index (χ3v) is 5.73. The van der Waals surface area contributed by atoms with Gasteiger partial charge in [0.1, 0.15) is 23.2 Å². The van der Waals surface area contributed by atoms with Crippen LogP contribution in [0, 0.1) is 30.1 Å². The summed E-state index contributed by atoms with van der Waals surface area (Å²) in [5.74, 6) is 1.81. The van der Waals surface area contributed by atoms with Gasteiger partial charge in [-0.2, -0.15) is 0 Å². The predicted molar refractivity (Wildman–Crippen MR) is 140 cm³/mol. The maximum atomic E-state index is 8.17. The summed E-state index contributed by atoms with van der Waals surface area (Å²) in [6, 6.07) is 11.1. The molecule has 0 bridgehead atoms. The molecular formula is C27H39N5O2. The molecule has 0 aliphatic carbocycles. The molecule has 7 heteroatoms. The Kier molecular flexibility index (Phi) is 11.1. The quantitative estimate of drug-likeness (QED) is 0.127. The Morgan fingerprint density at radius 2 is 1.06 bits per heavy atom. The molecule has 0 fully saturated rings. The third kappa shape index (κ3) is 9.25. The molecule has 0 atom stereocenters. The van der Waals surface area contributed by atoms with Crippen LogP contribution in [0.3, 0.4) is 0 Å². The van der Waals surface area contributed by atoms with Gasteiger partial charge in [0.25, 0.3) is 0 Å². The Bertz CT molecular complexity index is 909. The molecule has 0 aliphatic heterocycles. The number of nitrogens with two attached hydrogens (primary N) is 2. The summed E-state index contributed by atoms with van der Waals surface area (Å²) >= 11 is 0. The van der Waals surface area contributed by atoms with Crippen LogP contribution in [-0.4, -0.2) is 30.6 Å². The van der Waals surface area contributed by atoms with E-state index in [1.165, 1.54) is 0 Å². The number of ether oxygens (including phenoxy) is 2. The SMILES string of the molecule is Cc1cc(C(=N)N)ccc1OCCCCCC(=N)CCCCCOc1ccc(C(=N)N)cc1C. The molecule has 0 saturated heterocycles. The maximum Gasteiger partial charge on any atom is 0.122 e. The van der Waals surface area contributed by atoms with Crippen molar-refractivity contribution in [2.75, 3.05) is 13.2 Å². The Morgan fingerprint density at radius 3 is 1.41 bits per heavy atom. The van der Waals surface area contributed by atoms with Crippen LogP contribution < -0.4 is 20.9 Å². The Morgan fingerprint density at radius 1 is 0.647 bits per heavy atom. The minimum Gasteiger partial charge on any atom is -0.493 e. The van der Waals surface area contributed by atoms with Gasteiger partial charge in [0.15, 0.2) is 0 Å². The maximum absolute atomic E-state index is 8.17. The molecule has 34 heavy (non-hydrogen) atoms. The van der Waals surface area contributed by atoms with Crippen molar-refractivity contribution in [1.82, 2.24) is 0 Å². The van der Waals surface area contributed by atoms with E-state index in [0.717, 1.165) is 79.7 Å². The second kappa shape index (κ2) is 14.0. The number of nitrogens with one attached hydrogen (secondary N) is 3.